The molecule has 0 fully saturated rings. The van der Waals surface area contributed by atoms with E-state index in [4.69, 9.17) is 9.84 Å². The third-order valence-corrected chi connectivity index (χ3v) is 3.51. The smallest absolute Gasteiger partial charge is 0.354 e. The fraction of sp³-hybridized carbons (Fsp3) is 0.278. The van der Waals surface area contributed by atoms with E-state index in [-0.39, 0.29) is 17.6 Å². The molecule has 0 bridgehead atoms. The molecule has 126 valence electrons. The van der Waals surface area contributed by atoms with Crippen molar-refractivity contribution >= 4 is 11.9 Å². The molecule has 1 amide bonds. The number of carboxylic acids is 1. The van der Waals surface area contributed by atoms with Gasteiger partial charge in [-0.2, -0.15) is 0 Å². The van der Waals surface area contributed by atoms with Crippen LogP contribution in [0, 0.1) is 13.8 Å². The number of aryl methyl sites for hydroxylation is 2. The molecule has 24 heavy (non-hydrogen) atoms. The molecule has 0 spiro atoms. The highest BCUT2D eigenvalue weighted by Crippen LogP contribution is 2.22. The summed E-state index contributed by atoms with van der Waals surface area (Å²) in [6.45, 7) is 6.12. The summed E-state index contributed by atoms with van der Waals surface area (Å²) in [4.78, 5) is 26.6. The topological polar surface area (TPSA) is 88.5 Å². The third-order valence-electron chi connectivity index (χ3n) is 3.51. The van der Waals surface area contributed by atoms with E-state index < -0.39 is 5.97 Å². The molecule has 2 N–H and O–H groups in total. The van der Waals surface area contributed by atoms with Gasteiger partial charge in [0, 0.05) is 6.20 Å². The fourth-order valence-electron chi connectivity index (χ4n) is 2.24. The monoisotopic (exact) mass is 328 g/mol. The van der Waals surface area contributed by atoms with Gasteiger partial charge in [-0.15, -0.1) is 0 Å². The number of carbonyl (C=O) groups excluding carboxylic acids is 1. The molecular weight excluding hydrogens is 308 g/mol. The minimum Gasteiger partial charge on any atom is -0.491 e. The Kier molecular flexibility index (Phi) is 5.52. The van der Waals surface area contributed by atoms with E-state index in [9.17, 15) is 9.59 Å². The lowest BCUT2D eigenvalue weighted by atomic mass is 10.1. The number of amides is 1. The number of carboxylic acid groups (broad SMARTS) is 1. The summed E-state index contributed by atoms with van der Waals surface area (Å²) in [5.74, 6) is -0.625. The molecule has 1 atom stereocenters. The molecule has 1 unspecified atom stereocenters. The van der Waals surface area contributed by atoms with Crippen LogP contribution in [0.5, 0.6) is 5.75 Å². The normalized spacial score (nSPS) is 11.6. The lowest BCUT2D eigenvalue weighted by Crippen LogP contribution is -2.37. The molecule has 6 heteroatoms. The van der Waals surface area contributed by atoms with Crippen LogP contribution in [0.4, 0.5) is 0 Å². The summed E-state index contributed by atoms with van der Waals surface area (Å²) in [5, 5.41) is 11.6. The Morgan fingerprint density at radius 2 is 1.88 bits per heavy atom. The number of rotatable bonds is 6. The second-order valence-electron chi connectivity index (χ2n) is 5.64. The van der Waals surface area contributed by atoms with Crippen LogP contribution in [0.15, 0.2) is 36.5 Å². The minimum atomic E-state index is -1.13. The highest BCUT2D eigenvalue weighted by Gasteiger charge is 2.13. The predicted octanol–water partition coefficient (Wildman–Crippen LogP) is 2.59. The van der Waals surface area contributed by atoms with Crippen molar-refractivity contribution in [2.75, 3.05) is 6.61 Å². The molecule has 2 rings (SSSR count). The zero-order chi connectivity index (χ0) is 17.7. The number of nitrogens with zero attached hydrogens (tertiary/aromatic N) is 1. The first-order valence-corrected chi connectivity index (χ1v) is 7.57. The maximum Gasteiger partial charge on any atom is 0.354 e. The molecule has 0 aliphatic carbocycles. The molecular formula is C18H20N2O4. The Morgan fingerprint density at radius 3 is 2.42 bits per heavy atom. The number of pyridine rings is 1. The van der Waals surface area contributed by atoms with Gasteiger partial charge in [-0.05, 0) is 44.0 Å². The Hall–Kier alpha value is -2.89. The molecule has 1 aromatic heterocycles. The summed E-state index contributed by atoms with van der Waals surface area (Å²) in [6, 6.07) is 8.44. The van der Waals surface area contributed by atoms with E-state index in [1.165, 1.54) is 18.3 Å². The van der Waals surface area contributed by atoms with Crippen LogP contribution in [0.25, 0.3) is 0 Å². The molecule has 0 saturated carbocycles. The van der Waals surface area contributed by atoms with E-state index >= 15 is 0 Å². The van der Waals surface area contributed by atoms with E-state index in [1.54, 1.807) is 0 Å². The minimum absolute atomic E-state index is 0.0991. The second-order valence-corrected chi connectivity index (χ2v) is 5.64. The molecule has 0 aliphatic heterocycles. The van der Waals surface area contributed by atoms with Gasteiger partial charge in [0.15, 0.2) is 0 Å². The lowest BCUT2D eigenvalue weighted by molar-refractivity contribution is 0.0689. The first kappa shape index (κ1) is 17.5. The van der Waals surface area contributed by atoms with Gasteiger partial charge in [0.1, 0.15) is 18.1 Å². The largest absolute Gasteiger partial charge is 0.491 e. The molecule has 6 nitrogen and oxygen atoms in total. The summed E-state index contributed by atoms with van der Waals surface area (Å²) >= 11 is 0. The number of para-hydroxylation sites is 1. The number of hydrogen-bond donors (Lipinski definition) is 2. The van der Waals surface area contributed by atoms with E-state index in [0.717, 1.165) is 16.9 Å². The van der Waals surface area contributed by atoms with Gasteiger partial charge < -0.3 is 15.2 Å². The first-order valence-electron chi connectivity index (χ1n) is 7.57. The average molecular weight is 328 g/mol. The number of carbonyl (C=O) groups is 2. The summed E-state index contributed by atoms with van der Waals surface area (Å²) in [7, 11) is 0. The third kappa shape index (κ3) is 4.32. The van der Waals surface area contributed by atoms with Crippen LogP contribution in [-0.4, -0.2) is 34.6 Å². The number of ether oxygens (including phenoxy) is 1. The highest BCUT2D eigenvalue weighted by atomic mass is 16.5. The van der Waals surface area contributed by atoms with Crippen LogP contribution in [0.1, 0.15) is 38.9 Å². The Bertz CT molecular complexity index is 721. The Morgan fingerprint density at radius 1 is 1.21 bits per heavy atom. The number of aromatic nitrogens is 1. The van der Waals surface area contributed by atoms with Crippen molar-refractivity contribution < 1.29 is 19.4 Å². The number of benzene rings is 1. The van der Waals surface area contributed by atoms with Crippen LogP contribution >= 0.6 is 0 Å². The van der Waals surface area contributed by atoms with Crippen molar-refractivity contribution in [1.29, 1.82) is 0 Å². The molecule has 1 heterocycles. The first-order chi connectivity index (χ1) is 11.4. The summed E-state index contributed by atoms with van der Waals surface area (Å²) in [5.41, 5.74) is 2.29. The Balaban J connectivity index is 1.93. The molecule has 0 aliphatic rings. The van der Waals surface area contributed by atoms with Crippen molar-refractivity contribution in [3.8, 4) is 5.75 Å². The van der Waals surface area contributed by atoms with Crippen LogP contribution in [0.2, 0.25) is 0 Å². The maximum atomic E-state index is 12.1. The van der Waals surface area contributed by atoms with Crippen molar-refractivity contribution in [2.45, 2.75) is 26.8 Å². The maximum absolute atomic E-state index is 12.1. The van der Waals surface area contributed by atoms with Crippen molar-refractivity contribution in [1.82, 2.24) is 10.3 Å². The van der Waals surface area contributed by atoms with Gasteiger partial charge in [-0.25, -0.2) is 9.78 Å². The highest BCUT2D eigenvalue weighted by molar-refractivity contribution is 5.95. The van der Waals surface area contributed by atoms with Crippen molar-refractivity contribution in [2.24, 2.45) is 0 Å². The predicted molar refractivity (Wildman–Crippen MR) is 89.5 cm³/mol. The van der Waals surface area contributed by atoms with Gasteiger partial charge in [0.2, 0.25) is 0 Å². The van der Waals surface area contributed by atoms with Crippen LogP contribution in [0.3, 0.4) is 0 Å². The average Bonchev–Trinajstić information content (AvgIpc) is 2.54. The van der Waals surface area contributed by atoms with Crippen LogP contribution in [-0.2, 0) is 0 Å². The van der Waals surface area contributed by atoms with Crippen molar-refractivity contribution in [3.63, 3.8) is 0 Å². The van der Waals surface area contributed by atoms with Crippen molar-refractivity contribution in [3.05, 3.63) is 58.9 Å². The van der Waals surface area contributed by atoms with Gasteiger partial charge in [-0.1, -0.05) is 18.2 Å². The molecule has 0 saturated heterocycles. The van der Waals surface area contributed by atoms with Crippen LogP contribution < -0.4 is 10.1 Å². The lowest BCUT2D eigenvalue weighted by Gasteiger charge is -2.17. The van der Waals surface area contributed by atoms with E-state index in [2.05, 4.69) is 10.3 Å². The van der Waals surface area contributed by atoms with Gasteiger partial charge in [0.25, 0.3) is 5.91 Å². The molecule has 2 aromatic rings. The number of hydrogen-bond acceptors (Lipinski definition) is 4. The van der Waals surface area contributed by atoms with Gasteiger partial charge in [-0.3, -0.25) is 4.79 Å². The van der Waals surface area contributed by atoms with E-state index in [1.807, 2.05) is 39.0 Å². The van der Waals surface area contributed by atoms with Gasteiger partial charge >= 0.3 is 5.97 Å². The fourth-order valence-corrected chi connectivity index (χ4v) is 2.24. The molecule has 1 aromatic carbocycles. The van der Waals surface area contributed by atoms with E-state index in [0.29, 0.717) is 12.2 Å². The standard InChI is InChI=1S/C18H20N2O4/c1-11-5-4-6-12(2)16(11)24-10-13(3)20-17(21)14-7-8-15(18(22)23)19-9-14/h4-9,13H,10H2,1-3H3,(H,20,21)(H,22,23). The van der Waals surface area contributed by atoms with Gasteiger partial charge in [0.05, 0.1) is 11.6 Å². The zero-order valence-corrected chi connectivity index (χ0v) is 13.9. The second kappa shape index (κ2) is 7.59. The summed E-state index contributed by atoms with van der Waals surface area (Å²) < 4.78 is 5.81. The summed E-state index contributed by atoms with van der Waals surface area (Å²) in [6.07, 6.45) is 1.25. The zero-order valence-electron chi connectivity index (χ0n) is 13.9. The molecule has 0 radical (unpaired) electrons. The number of aromatic carboxylic acids is 1. The number of nitrogens with one attached hydrogen (secondary N) is 1. The SMILES string of the molecule is Cc1cccc(C)c1OCC(C)NC(=O)c1ccc(C(=O)O)nc1. The Labute approximate surface area is 140 Å². The quantitative estimate of drug-likeness (QED) is 0.851.